The topological polar surface area (TPSA) is 72.7 Å². The Kier molecular flexibility index (Phi) is 13.6. The van der Waals surface area contributed by atoms with E-state index in [9.17, 15) is 10.2 Å². The van der Waals surface area contributed by atoms with Gasteiger partial charge in [0, 0.05) is 6.04 Å². The van der Waals surface area contributed by atoms with E-state index in [1.165, 1.54) is 57.8 Å². The van der Waals surface area contributed by atoms with E-state index >= 15 is 0 Å². The molecule has 1 aliphatic rings. The van der Waals surface area contributed by atoms with Crippen molar-refractivity contribution in [2.75, 3.05) is 6.61 Å². The minimum atomic E-state index is -0.830. The molecule has 0 radical (unpaired) electrons. The van der Waals surface area contributed by atoms with Gasteiger partial charge in [-0.25, -0.2) is 0 Å². The van der Waals surface area contributed by atoms with Crippen LogP contribution in [-0.4, -0.2) is 46.2 Å². The molecule has 1 aliphatic heterocycles. The molecule has 0 aromatic rings. The minimum Gasteiger partial charge on any atom is -0.395 e. The van der Waals surface area contributed by atoms with Gasteiger partial charge >= 0.3 is 0 Å². The zero-order chi connectivity index (χ0) is 15.5. The Morgan fingerprint density at radius 1 is 0.727 bits per heavy atom. The Hall–Kier alpha value is 0.130. The van der Waals surface area contributed by atoms with E-state index in [1.807, 2.05) is 0 Å². The van der Waals surface area contributed by atoms with Crippen molar-refractivity contribution in [1.82, 2.24) is 5.32 Å². The molecule has 1 fully saturated rings. The van der Waals surface area contributed by atoms with Gasteiger partial charge in [0.25, 0.3) is 0 Å². The highest BCUT2D eigenvalue weighted by molar-refractivity contribution is 5.85. The molecule has 4 atom stereocenters. The first-order valence-corrected chi connectivity index (χ1v) is 8.93. The third-order valence-corrected chi connectivity index (χ3v) is 4.67. The van der Waals surface area contributed by atoms with Crippen molar-refractivity contribution >= 4 is 12.4 Å². The molecule has 4 N–H and O–H groups in total. The third-order valence-electron chi connectivity index (χ3n) is 4.67. The van der Waals surface area contributed by atoms with Crippen molar-refractivity contribution in [1.29, 1.82) is 0 Å². The van der Waals surface area contributed by atoms with E-state index in [0.717, 1.165) is 12.8 Å². The molecular weight excluding hydrogens is 302 g/mol. The number of aliphatic hydroxyl groups excluding tert-OH is 3. The number of rotatable bonds is 12. The fourth-order valence-corrected chi connectivity index (χ4v) is 3.21. The van der Waals surface area contributed by atoms with Crippen LogP contribution in [0.1, 0.15) is 77.6 Å². The second-order valence-electron chi connectivity index (χ2n) is 6.51. The quantitative estimate of drug-likeness (QED) is 0.413. The van der Waals surface area contributed by atoms with E-state index in [4.69, 9.17) is 5.11 Å². The minimum absolute atomic E-state index is 0. The second-order valence-corrected chi connectivity index (χ2v) is 6.51. The summed E-state index contributed by atoms with van der Waals surface area (Å²) in [5, 5.41) is 31.8. The standard InChI is InChI=1S/C17H35NO3.ClH/c1-2-3-4-5-6-7-8-9-10-11-12-14-16(20)17(21)15(13-19)18-14;/h14-21H,2-13H2,1H3;1H/t14-,15-,16-,17-;/m0./s1. The Labute approximate surface area is 142 Å². The van der Waals surface area contributed by atoms with E-state index in [-0.39, 0.29) is 31.1 Å². The van der Waals surface area contributed by atoms with E-state index < -0.39 is 12.2 Å². The lowest BCUT2D eigenvalue weighted by Crippen LogP contribution is -2.36. The lowest BCUT2D eigenvalue weighted by molar-refractivity contribution is 0.0186. The Bertz CT molecular complexity index is 256. The summed E-state index contributed by atoms with van der Waals surface area (Å²) in [6.45, 7) is 2.13. The number of hydrogen-bond donors (Lipinski definition) is 4. The summed E-state index contributed by atoms with van der Waals surface area (Å²) in [5.74, 6) is 0. The van der Waals surface area contributed by atoms with Crippen LogP contribution in [0.4, 0.5) is 0 Å². The largest absolute Gasteiger partial charge is 0.395 e. The zero-order valence-electron chi connectivity index (χ0n) is 14.0. The van der Waals surface area contributed by atoms with Crippen LogP contribution in [0.5, 0.6) is 0 Å². The van der Waals surface area contributed by atoms with E-state index in [0.29, 0.717) is 0 Å². The monoisotopic (exact) mass is 337 g/mol. The lowest BCUT2D eigenvalue weighted by atomic mass is 10.0. The Balaban J connectivity index is 0.00000441. The SMILES string of the molecule is CCCCCCCCCCCC[C@@H]1N[C@@H](CO)[C@H](O)[C@H]1O.Cl. The summed E-state index contributed by atoms with van der Waals surface area (Å²) in [4.78, 5) is 0. The molecule has 0 saturated carbocycles. The fourth-order valence-electron chi connectivity index (χ4n) is 3.21. The fraction of sp³-hybridized carbons (Fsp3) is 1.00. The van der Waals surface area contributed by atoms with E-state index in [2.05, 4.69) is 12.2 Å². The zero-order valence-corrected chi connectivity index (χ0v) is 14.9. The van der Waals surface area contributed by atoms with Crippen LogP contribution in [-0.2, 0) is 0 Å². The van der Waals surface area contributed by atoms with Gasteiger partial charge in [-0.1, -0.05) is 71.1 Å². The van der Waals surface area contributed by atoms with Crippen LogP contribution in [0.15, 0.2) is 0 Å². The molecule has 0 unspecified atom stereocenters. The molecule has 134 valence electrons. The molecule has 22 heavy (non-hydrogen) atoms. The van der Waals surface area contributed by atoms with Gasteiger partial charge in [0.05, 0.1) is 24.9 Å². The molecule has 0 spiro atoms. The van der Waals surface area contributed by atoms with Crippen LogP contribution in [0, 0.1) is 0 Å². The molecule has 1 rings (SSSR count). The van der Waals surface area contributed by atoms with Gasteiger partial charge in [0.15, 0.2) is 0 Å². The Morgan fingerprint density at radius 2 is 1.18 bits per heavy atom. The van der Waals surface area contributed by atoms with Gasteiger partial charge < -0.3 is 20.6 Å². The normalized spacial score (nSPS) is 27.8. The smallest absolute Gasteiger partial charge is 0.0989 e. The van der Waals surface area contributed by atoms with Crippen molar-refractivity contribution in [3.05, 3.63) is 0 Å². The maximum absolute atomic E-state index is 9.88. The average molecular weight is 338 g/mol. The van der Waals surface area contributed by atoms with Gasteiger partial charge in [-0.3, -0.25) is 0 Å². The number of unbranched alkanes of at least 4 members (excludes halogenated alkanes) is 9. The van der Waals surface area contributed by atoms with Crippen LogP contribution >= 0.6 is 12.4 Å². The first-order chi connectivity index (χ1) is 10.2. The lowest BCUT2D eigenvalue weighted by Gasteiger charge is -2.15. The van der Waals surface area contributed by atoms with Crippen molar-refractivity contribution < 1.29 is 15.3 Å². The highest BCUT2D eigenvalue weighted by atomic mass is 35.5. The maximum Gasteiger partial charge on any atom is 0.0989 e. The van der Waals surface area contributed by atoms with Crippen molar-refractivity contribution in [2.45, 2.75) is 102 Å². The van der Waals surface area contributed by atoms with Crippen LogP contribution in [0.25, 0.3) is 0 Å². The third kappa shape index (κ3) is 8.11. The summed E-state index contributed by atoms with van der Waals surface area (Å²) < 4.78 is 0. The molecule has 5 heteroatoms. The molecule has 0 aliphatic carbocycles. The molecule has 0 aromatic heterocycles. The number of aliphatic hydroxyl groups is 3. The number of halogens is 1. The molecular formula is C17H36ClNO3. The van der Waals surface area contributed by atoms with Crippen LogP contribution in [0.2, 0.25) is 0 Å². The predicted molar refractivity (Wildman–Crippen MR) is 93.5 cm³/mol. The molecule has 0 bridgehead atoms. The average Bonchev–Trinajstić information content (AvgIpc) is 2.77. The van der Waals surface area contributed by atoms with Crippen molar-refractivity contribution in [3.63, 3.8) is 0 Å². The van der Waals surface area contributed by atoms with Crippen molar-refractivity contribution in [2.24, 2.45) is 0 Å². The van der Waals surface area contributed by atoms with Gasteiger partial charge in [-0.15, -0.1) is 12.4 Å². The van der Waals surface area contributed by atoms with Gasteiger partial charge in [-0.05, 0) is 6.42 Å². The highest BCUT2D eigenvalue weighted by Crippen LogP contribution is 2.19. The van der Waals surface area contributed by atoms with Gasteiger partial charge in [0.1, 0.15) is 0 Å². The maximum atomic E-state index is 9.88. The van der Waals surface area contributed by atoms with Gasteiger partial charge in [-0.2, -0.15) is 0 Å². The van der Waals surface area contributed by atoms with Crippen LogP contribution < -0.4 is 5.32 Å². The summed E-state index contributed by atoms with van der Waals surface area (Å²) >= 11 is 0. The summed E-state index contributed by atoms with van der Waals surface area (Å²) in [5.41, 5.74) is 0. The summed E-state index contributed by atoms with van der Waals surface area (Å²) in [6, 6.07) is -0.431. The Morgan fingerprint density at radius 3 is 1.64 bits per heavy atom. The number of hydrogen-bond acceptors (Lipinski definition) is 4. The van der Waals surface area contributed by atoms with Crippen LogP contribution in [0.3, 0.4) is 0 Å². The second kappa shape index (κ2) is 13.6. The van der Waals surface area contributed by atoms with E-state index in [1.54, 1.807) is 0 Å². The number of nitrogens with one attached hydrogen (secondary N) is 1. The first-order valence-electron chi connectivity index (χ1n) is 8.93. The summed E-state index contributed by atoms with van der Waals surface area (Å²) in [7, 11) is 0. The molecule has 4 nitrogen and oxygen atoms in total. The van der Waals surface area contributed by atoms with Crippen molar-refractivity contribution in [3.8, 4) is 0 Å². The molecule has 0 aromatic carbocycles. The molecule has 1 saturated heterocycles. The van der Waals surface area contributed by atoms with Gasteiger partial charge in [0.2, 0.25) is 0 Å². The predicted octanol–water partition coefficient (Wildman–Crippen LogP) is 2.77. The highest BCUT2D eigenvalue weighted by Gasteiger charge is 2.39. The first kappa shape index (κ1) is 22.1. The summed E-state index contributed by atoms with van der Waals surface area (Å²) in [6.07, 6.45) is 12.3. The molecule has 1 heterocycles. The molecule has 0 amide bonds.